The van der Waals surface area contributed by atoms with Gasteiger partial charge in [0.25, 0.3) is 8.32 Å². The van der Waals surface area contributed by atoms with Gasteiger partial charge in [0.05, 0.1) is 0 Å². The Morgan fingerprint density at radius 1 is 1.19 bits per heavy atom. The van der Waals surface area contributed by atoms with Crippen molar-refractivity contribution in [3.63, 3.8) is 0 Å². The first kappa shape index (κ1) is 12.9. The number of benzene rings is 1. The summed E-state index contributed by atoms with van der Waals surface area (Å²) in [5.74, 6) is 0. The molecule has 0 radical (unpaired) electrons. The van der Waals surface area contributed by atoms with E-state index in [0.29, 0.717) is 0 Å². The topological polar surface area (TPSA) is 20.2 Å². The normalized spacial score (nSPS) is 16.0. The van der Waals surface area contributed by atoms with E-state index in [9.17, 15) is 4.80 Å². The Morgan fingerprint density at radius 2 is 1.75 bits per heavy atom. The standard InChI is InChI=1S/C14H20OSi/c1-5-6-12-16(15,14(2,3)4)13-10-8-7-9-11-13/h5-12,15H,1H2,2-4H3/b12-6-. The summed E-state index contributed by atoms with van der Waals surface area (Å²) in [5.41, 5.74) is 1.94. The summed E-state index contributed by atoms with van der Waals surface area (Å²) < 4.78 is 0. The van der Waals surface area contributed by atoms with Crippen LogP contribution in [0.2, 0.25) is 5.04 Å². The first-order valence-electron chi connectivity index (χ1n) is 5.50. The minimum atomic E-state index is -2.60. The zero-order chi connectivity index (χ0) is 12.2. The zero-order valence-corrected chi connectivity index (χ0v) is 11.3. The van der Waals surface area contributed by atoms with Crippen molar-refractivity contribution < 1.29 is 4.80 Å². The minimum absolute atomic E-state index is 0.131. The summed E-state index contributed by atoms with van der Waals surface area (Å²) >= 11 is 0. The third-order valence-corrected chi connectivity index (χ3v) is 7.01. The second kappa shape index (κ2) is 4.81. The van der Waals surface area contributed by atoms with Crippen molar-refractivity contribution >= 4 is 13.5 Å². The van der Waals surface area contributed by atoms with Crippen molar-refractivity contribution in [3.8, 4) is 0 Å². The Balaban J connectivity index is 3.26. The van der Waals surface area contributed by atoms with Crippen LogP contribution in [-0.4, -0.2) is 13.1 Å². The molecule has 1 unspecified atom stereocenters. The molecule has 0 aliphatic heterocycles. The summed E-state index contributed by atoms with van der Waals surface area (Å²) in [5, 5.41) is 0.911. The highest BCUT2D eigenvalue weighted by Gasteiger charge is 2.42. The van der Waals surface area contributed by atoms with Crippen LogP contribution in [0.15, 0.2) is 54.8 Å². The monoisotopic (exact) mass is 232 g/mol. The molecule has 1 aromatic carbocycles. The average molecular weight is 232 g/mol. The van der Waals surface area contributed by atoms with Crippen molar-refractivity contribution in [1.82, 2.24) is 0 Å². The van der Waals surface area contributed by atoms with Gasteiger partial charge in [-0.05, 0) is 10.2 Å². The highest BCUT2D eigenvalue weighted by Crippen LogP contribution is 2.34. The molecule has 0 saturated heterocycles. The fourth-order valence-electron chi connectivity index (χ4n) is 1.68. The van der Waals surface area contributed by atoms with E-state index in [1.807, 2.05) is 42.1 Å². The molecular weight excluding hydrogens is 212 g/mol. The minimum Gasteiger partial charge on any atom is -0.424 e. The molecule has 1 rings (SSSR count). The maximum Gasteiger partial charge on any atom is 0.250 e. The van der Waals surface area contributed by atoms with Crippen molar-refractivity contribution in [3.05, 3.63) is 54.8 Å². The molecule has 1 atom stereocenters. The van der Waals surface area contributed by atoms with Gasteiger partial charge in [-0.3, -0.25) is 0 Å². The second-order valence-corrected chi connectivity index (χ2v) is 8.92. The lowest BCUT2D eigenvalue weighted by Gasteiger charge is -2.35. The van der Waals surface area contributed by atoms with Crippen LogP contribution in [0.5, 0.6) is 0 Å². The van der Waals surface area contributed by atoms with Gasteiger partial charge in [-0.2, -0.15) is 0 Å². The predicted molar refractivity (Wildman–Crippen MR) is 73.1 cm³/mol. The summed E-state index contributed by atoms with van der Waals surface area (Å²) in [6.45, 7) is 9.91. The molecule has 1 aromatic rings. The van der Waals surface area contributed by atoms with E-state index < -0.39 is 8.32 Å². The van der Waals surface area contributed by atoms with Crippen molar-refractivity contribution in [2.24, 2.45) is 0 Å². The lowest BCUT2D eigenvalue weighted by Crippen LogP contribution is -2.54. The highest BCUT2D eigenvalue weighted by molar-refractivity contribution is 6.92. The summed E-state index contributed by atoms with van der Waals surface area (Å²) in [6.07, 6.45) is 3.57. The van der Waals surface area contributed by atoms with Gasteiger partial charge < -0.3 is 4.80 Å². The summed E-state index contributed by atoms with van der Waals surface area (Å²) in [7, 11) is -2.60. The van der Waals surface area contributed by atoms with Crippen LogP contribution >= 0.6 is 0 Å². The van der Waals surface area contributed by atoms with E-state index in [1.165, 1.54) is 0 Å². The van der Waals surface area contributed by atoms with Crippen LogP contribution in [-0.2, 0) is 0 Å². The third kappa shape index (κ3) is 2.51. The number of allylic oxidation sites excluding steroid dienone is 2. The van der Waals surface area contributed by atoms with E-state index >= 15 is 0 Å². The molecule has 2 heteroatoms. The molecule has 0 bridgehead atoms. The van der Waals surface area contributed by atoms with Gasteiger partial charge in [0.1, 0.15) is 0 Å². The van der Waals surface area contributed by atoms with Crippen molar-refractivity contribution in [2.45, 2.75) is 25.8 Å². The third-order valence-electron chi connectivity index (χ3n) is 2.83. The van der Waals surface area contributed by atoms with Gasteiger partial charge in [-0.25, -0.2) is 0 Å². The SMILES string of the molecule is C=C/C=C\[Si](O)(c1ccccc1)C(C)(C)C. The van der Waals surface area contributed by atoms with Crippen LogP contribution in [0.3, 0.4) is 0 Å². The first-order chi connectivity index (χ1) is 7.42. The Labute approximate surface area is 99.3 Å². The summed E-state index contributed by atoms with van der Waals surface area (Å²) in [4.78, 5) is 11.0. The highest BCUT2D eigenvalue weighted by atomic mass is 28.4. The van der Waals surface area contributed by atoms with E-state index in [-0.39, 0.29) is 5.04 Å². The van der Waals surface area contributed by atoms with Crippen LogP contribution in [0.4, 0.5) is 0 Å². The first-order valence-corrected chi connectivity index (χ1v) is 7.52. The maximum absolute atomic E-state index is 11.0. The Kier molecular flexibility index (Phi) is 3.89. The van der Waals surface area contributed by atoms with Crippen LogP contribution in [0.25, 0.3) is 0 Å². The van der Waals surface area contributed by atoms with E-state index in [4.69, 9.17) is 0 Å². The van der Waals surface area contributed by atoms with Gasteiger partial charge in [-0.1, -0.05) is 75.5 Å². The fraction of sp³-hybridized carbons (Fsp3) is 0.286. The molecule has 86 valence electrons. The van der Waals surface area contributed by atoms with Crippen LogP contribution < -0.4 is 5.19 Å². The zero-order valence-electron chi connectivity index (χ0n) is 10.3. The molecule has 16 heavy (non-hydrogen) atoms. The molecule has 0 heterocycles. The Hall–Kier alpha value is -1.12. The van der Waals surface area contributed by atoms with E-state index in [2.05, 4.69) is 27.4 Å². The summed E-state index contributed by atoms with van der Waals surface area (Å²) in [6, 6.07) is 9.93. The molecule has 0 spiro atoms. The molecular formula is C14H20OSi. The largest absolute Gasteiger partial charge is 0.424 e. The smallest absolute Gasteiger partial charge is 0.250 e. The Bertz CT molecular complexity index is 375. The number of rotatable bonds is 3. The maximum atomic E-state index is 11.0. The van der Waals surface area contributed by atoms with Crippen molar-refractivity contribution in [1.29, 1.82) is 0 Å². The van der Waals surface area contributed by atoms with Gasteiger partial charge in [0.15, 0.2) is 0 Å². The molecule has 0 fully saturated rings. The number of hydrogen-bond acceptors (Lipinski definition) is 1. The molecule has 1 N–H and O–H groups in total. The lowest BCUT2D eigenvalue weighted by molar-refractivity contribution is 0.503. The van der Waals surface area contributed by atoms with Crippen molar-refractivity contribution in [2.75, 3.05) is 0 Å². The van der Waals surface area contributed by atoms with Gasteiger partial charge in [-0.15, -0.1) is 0 Å². The molecule has 0 aliphatic carbocycles. The fourth-order valence-corrected chi connectivity index (χ4v) is 4.35. The van der Waals surface area contributed by atoms with Gasteiger partial charge in [0, 0.05) is 0 Å². The molecule has 1 nitrogen and oxygen atoms in total. The van der Waals surface area contributed by atoms with E-state index in [0.717, 1.165) is 5.19 Å². The quantitative estimate of drug-likeness (QED) is 0.627. The van der Waals surface area contributed by atoms with Gasteiger partial charge >= 0.3 is 0 Å². The Morgan fingerprint density at radius 3 is 2.19 bits per heavy atom. The second-order valence-electron chi connectivity index (χ2n) is 4.98. The molecule has 0 aromatic heterocycles. The van der Waals surface area contributed by atoms with E-state index in [1.54, 1.807) is 6.08 Å². The number of hydrogen-bond donors (Lipinski definition) is 1. The average Bonchev–Trinajstić information content (AvgIpc) is 2.25. The van der Waals surface area contributed by atoms with Crippen LogP contribution in [0, 0.1) is 0 Å². The molecule has 0 aliphatic rings. The molecule has 0 saturated carbocycles. The predicted octanol–water partition coefficient (Wildman–Crippen LogP) is 2.91. The van der Waals surface area contributed by atoms with Crippen LogP contribution in [0.1, 0.15) is 20.8 Å². The van der Waals surface area contributed by atoms with Gasteiger partial charge in [0.2, 0.25) is 0 Å². The lowest BCUT2D eigenvalue weighted by atomic mass is 10.2. The molecule has 0 amide bonds.